The molecule has 2 fully saturated rings. The van der Waals surface area contributed by atoms with E-state index in [1.54, 1.807) is 0 Å². The maximum Gasteiger partial charge on any atom is 0.287 e. The zero-order chi connectivity index (χ0) is 36.9. The SMILES string of the molecule is CN(CCCCCCCCN(C)P1(=O)N(C)[C@@H](c2ccccc2)[C@H](c2ccccc2)N1C)P1(=O)N(C)[C@@H](c2ccccc2)[C@H](c2ccccc2)N1C. The number of benzene rings is 4. The first-order valence-corrected chi connectivity index (χ1v) is 22.0. The quantitative estimate of drug-likeness (QED) is 0.0882. The van der Waals surface area contributed by atoms with Gasteiger partial charge in [0.25, 0.3) is 15.2 Å². The van der Waals surface area contributed by atoms with Crippen LogP contribution in [0.2, 0.25) is 0 Å². The molecule has 2 saturated heterocycles. The molecule has 4 aromatic carbocycles. The molecule has 0 N–H and O–H groups in total. The number of rotatable bonds is 15. The van der Waals surface area contributed by atoms with E-state index in [0.29, 0.717) is 0 Å². The number of unbranched alkanes of at least 4 members (excludes halogenated alkanes) is 5. The first kappa shape index (κ1) is 38.8. The zero-order valence-electron chi connectivity index (χ0n) is 31.9. The van der Waals surface area contributed by atoms with E-state index in [1.165, 1.54) is 22.3 Å². The Bertz CT molecular complexity index is 1560. The van der Waals surface area contributed by atoms with Gasteiger partial charge in [0, 0.05) is 13.1 Å². The minimum absolute atomic E-state index is 0.00650. The lowest BCUT2D eigenvalue weighted by molar-refractivity contribution is 0.316. The Hall–Kier alpha value is -2.90. The van der Waals surface area contributed by atoms with E-state index in [1.807, 2.05) is 66.6 Å². The van der Waals surface area contributed by atoms with E-state index in [4.69, 9.17) is 0 Å². The fourth-order valence-corrected chi connectivity index (χ4v) is 14.7. The van der Waals surface area contributed by atoms with Crippen LogP contribution in [0.3, 0.4) is 0 Å². The number of hydrogen-bond acceptors (Lipinski definition) is 2. The topological polar surface area (TPSA) is 53.6 Å². The second kappa shape index (κ2) is 17.1. The molecule has 4 aromatic rings. The van der Waals surface area contributed by atoms with Gasteiger partial charge in [-0.25, -0.2) is 28.0 Å². The Morgan fingerprint density at radius 2 is 0.615 bits per heavy atom. The van der Waals surface area contributed by atoms with Gasteiger partial charge in [0.2, 0.25) is 0 Å². The third-order valence-corrected chi connectivity index (χ3v) is 18.0. The lowest BCUT2D eigenvalue weighted by atomic mass is 9.93. The van der Waals surface area contributed by atoms with Crippen LogP contribution in [-0.4, -0.2) is 83.4 Å². The van der Waals surface area contributed by atoms with Crippen LogP contribution in [0.1, 0.15) is 84.9 Å². The summed E-state index contributed by atoms with van der Waals surface area (Å²) in [7, 11) is 6.23. The molecule has 8 nitrogen and oxygen atoms in total. The smallest absolute Gasteiger partial charge is 0.270 e. The number of likely N-dealkylation sites (N-methyl/N-ethyl adjacent to an activating group) is 4. The number of hydrogen-bond donors (Lipinski definition) is 0. The highest BCUT2D eigenvalue weighted by molar-refractivity contribution is 7.57. The van der Waals surface area contributed by atoms with Gasteiger partial charge in [-0.3, -0.25) is 9.13 Å². The minimum atomic E-state index is -2.98. The summed E-state index contributed by atoms with van der Waals surface area (Å²) in [4.78, 5) is 0. The molecule has 0 spiro atoms. The van der Waals surface area contributed by atoms with Gasteiger partial charge in [0.15, 0.2) is 0 Å². The zero-order valence-corrected chi connectivity index (χ0v) is 33.7. The second-order valence-corrected chi connectivity index (χ2v) is 20.6. The summed E-state index contributed by atoms with van der Waals surface area (Å²) in [5.41, 5.74) is 4.74. The highest BCUT2D eigenvalue weighted by atomic mass is 31.2. The first-order chi connectivity index (χ1) is 25.1. The Morgan fingerprint density at radius 1 is 0.404 bits per heavy atom. The molecule has 0 unspecified atom stereocenters. The van der Waals surface area contributed by atoms with Crippen LogP contribution in [-0.2, 0) is 9.13 Å². The highest BCUT2D eigenvalue weighted by Crippen LogP contribution is 2.70. The second-order valence-electron chi connectivity index (χ2n) is 14.6. The largest absolute Gasteiger partial charge is 0.287 e. The average Bonchev–Trinajstić information content (AvgIpc) is 3.52. The molecule has 2 aliphatic rings. The Balaban J connectivity index is 1.00. The fraction of sp³-hybridized carbons (Fsp3) is 0.429. The molecular weight excluding hydrogens is 682 g/mol. The van der Waals surface area contributed by atoms with Crippen molar-refractivity contribution in [3.8, 4) is 0 Å². The van der Waals surface area contributed by atoms with Crippen molar-refractivity contribution in [2.75, 3.05) is 55.4 Å². The summed E-state index contributed by atoms with van der Waals surface area (Å²) in [6.45, 7) is 1.56. The van der Waals surface area contributed by atoms with Gasteiger partial charge < -0.3 is 0 Å². The van der Waals surface area contributed by atoms with Crippen LogP contribution in [0.5, 0.6) is 0 Å². The van der Waals surface area contributed by atoms with Crippen molar-refractivity contribution < 1.29 is 9.13 Å². The van der Waals surface area contributed by atoms with Crippen molar-refractivity contribution in [1.29, 1.82) is 0 Å². The highest BCUT2D eigenvalue weighted by Gasteiger charge is 2.55. The maximum atomic E-state index is 14.9. The number of nitrogens with zero attached hydrogens (tertiary/aromatic N) is 6. The van der Waals surface area contributed by atoms with Gasteiger partial charge in [0.05, 0.1) is 24.2 Å². The van der Waals surface area contributed by atoms with Gasteiger partial charge in [-0.05, 0) is 77.4 Å². The third-order valence-electron chi connectivity index (χ3n) is 11.5. The van der Waals surface area contributed by atoms with Crippen molar-refractivity contribution in [2.24, 2.45) is 0 Å². The summed E-state index contributed by atoms with van der Waals surface area (Å²) < 4.78 is 42.6. The van der Waals surface area contributed by atoms with Crippen LogP contribution < -0.4 is 0 Å². The lowest BCUT2D eigenvalue weighted by Gasteiger charge is -2.34. The maximum absolute atomic E-state index is 14.9. The molecule has 278 valence electrons. The summed E-state index contributed by atoms with van der Waals surface area (Å²) in [6, 6.07) is 42.0. The van der Waals surface area contributed by atoms with Crippen molar-refractivity contribution in [1.82, 2.24) is 28.0 Å². The standard InChI is InChI=1S/C42H58N6O2P2/c1-43(51(49)45(3)39(35-25-15-11-16-26-35)40(46(51)4)36-27-17-12-18-28-36)33-23-9-7-8-10-24-34-44(2)52(50)47(5)41(37-29-19-13-20-30-37)42(48(52)6)38-31-21-14-22-32-38/h11-22,25-32,39-42H,7-10,23-24,33-34H2,1-6H3/t39-,40-,41-,42-/m0/s1. The normalized spacial score (nSPS) is 23.9. The molecular formula is C42H58N6O2P2. The van der Waals surface area contributed by atoms with Crippen LogP contribution in [0, 0.1) is 0 Å². The Labute approximate surface area is 313 Å². The summed E-state index contributed by atoms with van der Waals surface area (Å²) >= 11 is 0. The van der Waals surface area contributed by atoms with Gasteiger partial charge in [-0.15, -0.1) is 0 Å². The van der Waals surface area contributed by atoms with Gasteiger partial charge >= 0.3 is 0 Å². The lowest BCUT2D eigenvalue weighted by Crippen LogP contribution is -2.29. The molecule has 0 aliphatic carbocycles. The van der Waals surface area contributed by atoms with E-state index in [9.17, 15) is 9.13 Å². The summed E-state index contributed by atoms with van der Waals surface area (Å²) in [6.07, 6.45) is 6.47. The van der Waals surface area contributed by atoms with E-state index in [0.717, 1.165) is 51.6 Å². The Morgan fingerprint density at radius 3 is 0.846 bits per heavy atom. The molecule has 6 rings (SSSR count). The molecule has 2 aliphatic heterocycles. The van der Waals surface area contributed by atoms with Gasteiger partial charge in [-0.2, -0.15) is 0 Å². The van der Waals surface area contributed by atoms with Crippen LogP contribution >= 0.6 is 15.2 Å². The predicted octanol–water partition coefficient (Wildman–Crippen LogP) is 10.1. The predicted molar refractivity (Wildman–Crippen MR) is 216 cm³/mol. The first-order valence-electron chi connectivity index (χ1n) is 18.9. The monoisotopic (exact) mass is 740 g/mol. The molecule has 10 heteroatoms. The fourth-order valence-electron chi connectivity index (χ4n) is 8.72. The van der Waals surface area contributed by atoms with Crippen molar-refractivity contribution >= 4 is 15.2 Å². The van der Waals surface area contributed by atoms with Crippen molar-refractivity contribution in [2.45, 2.75) is 62.7 Å². The molecule has 0 aromatic heterocycles. The van der Waals surface area contributed by atoms with Gasteiger partial charge in [0.1, 0.15) is 0 Å². The summed E-state index contributed by atoms with van der Waals surface area (Å²) in [5.74, 6) is 0. The van der Waals surface area contributed by atoms with E-state index < -0.39 is 15.2 Å². The molecule has 0 radical (unpaired) electrons. The average molecular weight is 741 g/mol. The third kappa shape index (κ3) is 7.43. The summed E-state index contributed by atoms with van der Waals surface area (Å²) in [5, 5.41) is 0. The van der Waals surface area contributed by atoms with Crippen molar-refractivity contribution in [3.63, 3.8) is 0 Å². The molecule has 4 atom stereocenters. The molecule has 0 bridgehead atoms. The van der Waals surface area contributed by atoms with E-state index >= 15 is 0 Å². The van der Waals surface area contributed by atoms with Gasteiger partial charge in [-0.1, -0.05) is 147 Å². The van der Waals surface area contributed by atoms with E-state index in [2.05, 4.69) is 125 Å². The van der Waals surface area contributed by atoms with Crippen LogP contribution in [0.4, 0.5) is 0 Å². The van der Waals surface area contributed by atoms with Crippen LogP contribution in [0.15, 0.2) is 121 Å². The van der Waals surface area contributed by atoms with Crippen molar-refractivity contribution in [3.05, 3.63) is 144 Å². The molecule has 0 saturated carbocycles. The molecule has 52 heavy (non-hydrogen) atoms. The molecule has 0 amide bonds. The van der Waals surface area contributed by atoms with Crippen LogP contribution in [0.25, 0.3) is 0 Å². The van der Waals surface area contributed by atoms with E-state index in [-0.39, 0.29) is 24.2 Å². The minimum Gasteiger partial charge on any atom is -0.270 e. The Kier molecular flexibility index (Phi) is 12.7. The molecule has 2 heterocycles.